The van der Waals surface area contributed by atoms with Gasteiger partial charge in [0.25, 0.3) is 0 Å². The normalized spacial score (nSPS) is 11.5. The molecule has 0 atom stereocenters. The first kappa shape index (κ1) is 12.1. The maximum Gasteiger partial charge on any atom is 0.335 e. The van der Waals surface area contributed by atoms with Crippen LogP contribution in [0.15, 0.2) is 16.6 Å². The van der Waals surface area contributed by atoms with E-state index in [4.69, 9.17) is 5.11 Å². The zero-order chi connectivity index (χ0) is 11.8. The third-order valence-electron chi connectivity index (χ3n) is 1.90. The molecule has 1 rings (SSSR count). The summed E-state index contributed by atoms with van der Waals surface area (Å²) in [5.41, 5.74) is -1.47. The largest absolute Gasteiger partial charge is 0.478 e. The van der Waals surface area contributed by atoms with E-state index in [9.17, 15) is 14.3 Å². The van der Waals surface area contributed by atoms with Gasteiger partial charge in [-0.2, -0.15) is 0 Å². The molecule has 15 heavy (non-hydrogen) atoms. The molecule has 0 heterocycles. The first-order valence-electron chi connectivity index (χ1n) is 4.18. The van der Waals surface area contributed by atoms with Gasteiger partial charge in [-0.1, -0.05) is 15.9 Å². The Morgan fingerprint density at radius 3 is 2.33 bits per heavy atom. The van der Waals surface area contributed by atoms with Crippen LogP contribution in [0.2, 0.25) is 0 Å². The van der Waals surface area contributed by atoms with Crippen molar-refractivity contribution in [2.24, 2.45) is 0 Å². The first-order valence-corrected chi connectivity index (χ1v) is 4.98. The molecule has 0 fully saturated rings. The summed E-state index contributed by atoms with van der Waals surface area (Å²) in [7, 11) is 0. The maximum absolute atomic E-state index is 13.5. The molecule has 0 saturated carbocycles. The molecule has 5 heteroatoms. The lowest BCUT2D eigenvalue weighted by Gasteiger charge is -2.20. The van der Waals surface area contributed by atoms with E-state index in [2.05, 4.69) is 15.9 Å². The second kappa shape index (κ2) is 3.90. The predicted octanol–water partition coefficient (Wildman–Crippen LogP) is 2.51. The van der Waals surface area contributed by atoms with Gasteiger partial charge < -0.3 is 10.2 Å². The van der Waals surface area contributed by atoms with E-state index in [1.807, 2.05) is 0 Å². The fourth-order valence-electron chi connectivity index (χ4n) is 1.28. The highest BCUT2D eigenvalue weighted by Gasteiger charge is 2.25. The van der Waals surface area contributed by atoms with Gasteiger partial charge in [-0.25, -0.2) is 9.18 Å². The Balaban J connectivity index is 3.41. The predicted molar refractivity (Wildman–Crippen MR) is 56.3 cm³/mol. The molecule has 0 aliphatic heterocycles. The van der Waals surface area contributed by atoms with Crippen molar-refractivity contribution in [3.05, 3.63) is 33.5 Å². The number of hydrogen-bond acceptors (Lipinski definition) is 2. The molecule has 3 nitrogen and oxygen atoms in total. The minimum absolute atomic E-state index is 0.0486. The average molecular weight is 277 g/mol. The Labute approximate surface area is 94.7 Å². The van der Waals surface area contributed by atoms with Crippen molar-refractivity contribution >= 4 is 21.9 Å². The molecule has 82 valence electrons. The topological polar surface area (TPSA) is 57.5 Å². The van der Waals surface area contributed by atoms with Crippen LogP contribution in [0.5, 0.6) is 0 Å². The molecule has 0 amide bonds. The smallest absolute Gasteiger partial charge is 0.335 e. The summed E-state index contributed by atoms with van der Waals surface area (Å²) in [6, 6.07) is 2.15. The summed E-state index contributed by atoms with van der Waals surface area (Å²) >= 11 is 3.04. The molecule has 0 spiro atoms. The van der Waals surface area contributed by atoms with Gasteiger partial charge in [-0.15, -0.1) is 0 Å². The van der Waals surface area contributed by atoms with Gasteiger partial charge in [0.2, 0.25) is 0 Å². The summed E-state index contributed by atoms with van der Waals surface area (Å²) in [4.78, 5) is 10.6. The summed E-state index contributed by atoms with van der Waals surface area (Å²) in [6.45, 7) is 2.85. The van der Waals surface area contributed by atoms with E-state index in [0.29, 0.717) is 0 Å². The van der Waals surface area contributed by atoms with Crippen LogP contribution >= 0.6 is 15.9 Å². The lowest BCUT2D eigenvalue weighted by atomic mass is 9.96. The molecule has 1 aromatic rings. The Morgan fingerprint density at radius 2 is 2.00 bits per heavy atom. The molecule has 1 aromatic carbocycles. The van der Waals surface area contributed by atoms with E-state index >= 15 is 0 Å². The third kappa shape index (κ3) is 2.54. The van der Waals surface area contributed by atoms with Crippen LogP contribution in [-0.4, -0.2) is 16.2 Å². The molecule has 0 bridgehead atoms. The zero-order valence-corrected chi connectivity index (χ0v) is 9.80. The quantitative estimate of drug-likeness (QED) is 0.873. The fourth-order valence-corrected chi connectivity index (χ4v) is 2.20. The zero-order valence-electron chi connectivity index (χ0n) is 8.21. The lowest BCUT2D eigenvalue weighted by molar-refractivity contribution is 0.0683. The number of hydrogen-bond donors (Lipinski definition) is 2. The number of halogens is 2. The first-order chi connectivity index (χ1) is 6.73. The summed E-state index contributed by atoms with van der Waals surface area (Å²) < 4.78 is 13.8. The molecule has 2 N–H and O–H groups in total. The number of aromatic carboxylic acids is 1. The van der Waals surface area contributed by atoms with Gasteiger partial charge in [0, 0.05) is 10.0 Å². The van der Waals surface area contributed by atoms with Gasteiger partial charge in [0.15, 0.2) is 0 Å². The molecule has 0 aliphatic carbocycles. The van der Waals surface area contributed by atoms with E-state index in [1.54, 1.807) is 0 Å². The van der Waals surface area contributed by atoms with E-state index in [0.717, 1.165) is 6.07 Å². The lowest BCUT2D eigenvalue weighted by Crippen LogP contribution is -2.19. The second-order valence-electron chi connectivity index (χ2n) is 3.68. The van der Waals surface area contributed by atoms with Crippen molar-refractivity contribution in [1.82, 2.24) is 0 Å². The van der Waals surface area contributed by atoms with E-state index < -0.39 is 17.4 Å². The van der Waals surface area contributed by atoms with Gasteiger partial charge >= 0.3 is 5.97 Å². The fraction of sp³-hybridized carbons (Fsp3) is 0.300. The number of rotatable bonds is 2. The molecular formula is C10H10BrFO3. The van der Waals surface area contributed by atoms with Crippen molar-refractivity contribution in [1.29, 1.82) is 0 Å². The summed E-state index contributed by atoms with van der Waals surface area (Å²) in [5.74, 6) is -1.95. The standard InChI is InChI=1S/C10H10BrFO3/c1-10(2,15)8-6(11)3-5(9(13)14)4-7(8)12/h3-4,15H,1-2H3,(H,13,14). The van der Waals surface area contributed by atoms with Crippen molar-refractivity contribution < 1.29 is 19.4 Å². The molecule has 0 aromatic heterocycles. The maximum atomic E-state index is 13.5. The van der Waals surface area contributed by atoms with Crippen molar-refractivity contribution in [3.8, 4) is 0 Å². The van der Waals surface area contributed by atoms with Crippen LogP contribution < -0.4 is 0 Å². The second-order valence-corrected chi connectivity index (χ2v) is 4.53. The van der Waals surface area contributed by atoms with Crippen molar-refractivity contribution in [2.75, 3.05) is 0 Å². The Bertz CT molecular complexity index is 387. The minimum atomic E-state index is -1.36. The van der Waals surface area contributed by atoms with Crippen LogP contribution in [0, 0.1) is 5.82 Å². The molecular weight excluding hydrogens is 267 g/mol. The molecule has 0 saturated heterocycles. The SMILES string of the molecule is CC(C)(O)c1c(F)cc(C(=O)O)cc1Br. The Hall–Kier alpha value is -0.940. The van der Waals surface area contributed by atoms with Crippen LogP contribution in [0.3, 0.4) is 0 Å². The number of carbonyl (C=O) groups is 1. The minimum Gasteiger partial charge on any atom is -0.478 e. The molecule has 0 unspecified atom stereocenters. The van der Waals surface area contributed by atoms with Crippen molar-refractivity contribution in [3.63, 3.8) is 0 Å². The van der Waals surface area contributed by atoms with Gasteiger partial charge in [0.05, 0.1) is 11.2 Å². The van der Waals surface area contributed by atoms with Gasteiger partial charge in [-0.05, 0) is 26.0 Å². The highest BCUT2D eigenvalue weighted by Crippen LogP contribution is 2.31. The summed E-state index contributed by atoms with van der Waals surface area (Å²) in [6.07, 6.45) is 0. The Kier molecular flexibility index (Phi) is 3.16. The number of carboxylic acids is 1. The van der Waals surface area contributed by atoms with Crippen LogP contribution in [0.25, 0.3) is 0 Å². The third-order valence-corrected chi connectivity index (χ3v) is 2.53. The number of carboxylic acid groups (broad SMARTS) is 1. The van der Waals surface area contributed by atoms with Crippen LogP contribution in [0.4, 0.5) is 4.39 Å². The molecule has 0 aliphatic rings. The van der Waals surface area contributed by atoms with E-state index in [-0.39, 0.29) is 15.6 Å². The number of benzene rings is 1. The highest BCUT2D eigenvalue weighted by atomic mass is 79.9. The van der Waals surface area contributed by atoms with Gasteiger partial charge in [-0.3, -0.25) is 0 Å². The van der Waals surface area contributed by atoms with Gasteiger partial charge in [0.1, 0.15) is 5.82 Å². The number of aliphatic hydroxyl groups is 1. The Morgan fingerprint density at radius 1 is 1.47 bits per heavy atom. The van der Waals surface area contributed by atoms with E-state index in [1.165, 1.54) is 19.9 Å². The highest BCUT2D eigenvalue weighted by molar-refractivity contribution is 9.10. The monoisotopic (exact) mass is 276 g/mol. The molecule has 0 radical (unpaired) electrons. The van der Waals surface area contributed by atoms with Crippen LogP contribution in [0.1, 0.15) is 29.8 Å². The van der Waals surface area contributed by atoms with Crippen molar-refractivity contribution in [2.45, 2.75) is 19.4 Å². The average Bonchev–Trinajstić information content (AvgIpc) is 1.99. The summed E-state index contributed by atoms with van der Waals surface area (Å²) in [5, 5.41) is 18.3. The van der Waals surface area contributed by atoms with Crippen LogP contribution in [-0.2, 0) is 5.60 Å².